The van der Waals surface area contributed by atoms with E-state index in [4.69, 9.17) is 5.26 Å². The lowest BCUT2D eigenvalue weighted by Crippen LogP contribution is -2.04. The third kappa shape index (κ3) is 2.38. The summed E-state index contributed by atoms with van der Waals surface area (Å²) in [6.45, 7) is 2.10. The summed E-state index contributed by atoms with van der Waals surface area (Å²) in [5.41, 5.74) is 1.37. The van der Waals surface area contributed by atoms with Crippen LogP contribution < -0.4 is 5.32 Å². The summed E-state index contributed by atoms with van der Waals surface area (Å²) in [4.78, 5) is 5.29. The second-order valence-electron chi connectivity index (χ2n) is 3.43. The van der Waals surface area contributed by atoms with E-state index in [1.165, 1.54) is 4.88 Å². The summed E-state index contributed by atoms with van der Waals surface area (Å²) < 4.78 is 0. The van der Waals surface area contributed by atoms with Crippen molar-refractivity contribution >= 4 is 17.0 Å². The number of nitriles is 1. The first-order chi connectivity index (χ1) is 7.79. The number of pyridine rings is 1. The fourth-order valence-corrected chi connectivity index (χ4v) is 2.14. The minimum absolute atomic E-state index is 0.259. The number of nitrogens with zero attached hydrogens (tertiary/aromatic N) is 2. The molecule has 80 valence electrons. The van der Waals surface area contributed by atoms with Gasteiger partial charge in [0.05, 0.1) is 17.9 Å². The van der Waals surface area contributed by atoms with E-state index in [-0.39, 0.29) is 6.04 Å². The number of thiophene rings is 1. The lowest BCUT2D eigenvalue weighted by atomic mass is 10.2. The second-order valence-corrected chi connectivity index (χ2v) is 4.40. The molecule has 0 fully saturated rings. The smallest absolute Gasteiger partial charge is 0.140 e. The zero-order chi connectivity index (χ0) is 11.4. The molecule has 2 aromatic heterocycles. The number of rotatable bonds is 3. The zero-order valence-electron chi connectivity index (χ0n) is 8.84. The van der Waals surface area contributed by atoms with Gasteiger partial charge in [-0.15, -0.1) is 11.3 Å². The maximum atomic E-state index is 8.63. The molecule has 1 unspecified atom stereocenters. The number of hydrogen-bond acceptors (Lipinski definition) is 4. The summed E-state index contributed by atoms with van der Waals surface area (Å²) in [6.07, 6.45) is 1.68. The van der Waals surface area contributed by atoms with Crippen molar-refractivity contribution in [3.63, 3.8) is 0 Å². The molecule has 1 atom stereocenters. The van der Waals surface area contributed by atoms with Crippen molar-refractivity contribution in [1.82, 2.24) is 4.98 Å². The highest BCUT2D eigenvalue weighted by Gasteiger charge is 2.05. The van der Waals surface area contributed by atoms with Gasteiger partial charge in [0.2, 0.25) is 0 Å². The number of anilines is 1. The van der Waals surface area contributed by atoms with Gasteiger partial charge in [0.1, 0.15) is 11.8 Å². The SMILES string of the molecule is CC(Nc1ccc(C#N)nc1)c1cccs1. The summed E-state index contributed by atoms with van der Waals surface area (Å²) >= 11 is 1.72. The van der Waals surface area contributed by atoms with E-state index in [2.05, 4.69) is 28.7 Å². The van der Waals surface area contributed by atoms with Crippen molar-refractivity contribution in [3.05, 3.63) is 46.4 Å². The maximum Gasteiger partial charge on any atom is 0.140 e. The van der Waals surface area contributed by atoms with Gasteiger partial charge in [-0.2, -0.15) is 5.26 Å². The topological polar surface area (TPSA) is 48.7 Å². The standard InChI is InChI=1S/C12H11N3S/c1-9(12-3-2-6-16-12)15-11-5-4-10(7-13)14-8-11/h2-6,8-9,15H,1H3. The highest BCUT2D eigenvalue weighted by atomic mass is 32.1. The van der Waals surface area contributed by atoms with Gasteiger partial charge in [0.25, 0.3) is 0 Å². The Morgan fingerprint density at radius 1 is 1.44 bits per heavy atom. The van der Waals surface area contributed by atoms with Gasteiger partial charge in [0, 0.05) is 4.88 Å². The van der Waals surface area contributed by atoms with Crippen molar-refractivity contribution in [1.29, 1.82) is 5.26 Å². The molecular formula is C12H11N3S. The Balaban J connectivity index is 2.07. The van der Waals surface area contributed by atoms with Gasteiger partial charge in [-0.1, -0.05) is 6.07 Å². The van der Waals surface area contributed by atoms with Crippen LogP contribution in [0.1, 0.15) is 23.5 Å². The van der Waals surface area contributed by atoms with Gasteiger partial charge >= 0.3 is 0 Å². The highest BCUT2D eigenvalue weighted by Crippen LogP contribution is 2.22. The van der Waals surface area contributed by atoms with E-state index in [0.29, 0.717) is 5.69 Å². The van der Waals surface area contributed by atoms with Gasteiger partial charge in [0.15, 0.2) is 0 Å². The molecule has 0 saturated heterocycles. The van der Waals surface area contributed by atoms with Gasteiger partial charge < -0.3 is 5.32 Å². The molecule has 0 saturated carbocycles. The Morgan fingerprint density at radius 2 is 2.31 bits per heavy atom. The van der Waals surface area contributed by atoms with Crippen LogP contribution in [-0.4, -0.2) is 4.98 Å². The molecule has 2 heterocycles. The van der Waals surface area contributed by atoms with E-state index in [1.54, 1.807) is 23.6 Å². The molecule has 0 amide bonds. The Hall–Kier alpha value is -1.86. The van der Waals surface area contributed by atoms with E-state index in [1.807, 2.05) is 18.2 Å². The first kappa shape index (κ1) is 10.7. The van der Waals surface area contributed by atoms with Crippen LogP contribution in [0.2, 0.25) is 0 Å². The predicted octanol–water partition coefficient (Wildman–Crippen LogP) is 3.19. The summed E-state index contributed by atoms with van der Waals surface area (Å²) in [5, 5.41) is 14.0. The normalized spacial score (nSPS) is 11.8. The van der Waals surface area contributed by atoms with Crippen LogP contribution in [0.4, 0.5) is 5.69 Å². The predicted molar refractivity (Wildman–Crippen MR) is 65.3 cm³/mol. The quantitative estimate of drug-likeness (QED) is 0.879. The molecule has 0 aromatic carbocycles. The largest absolute Gasteiger partial charge is 0.376 e. The van der Waals surface area contributed by atoms with Crippen molar-refractivity contribution in [2.45, 2.75) is 13.0 Å². The summed E-state index contributed by atoms with van der Waals surface area (Å²) in [5.74, 6) is 0. The van der Waals surface area contributed by atoms with Crippen molar-refractivity contribution in [2.75, 3.05) is 5.32 Å². The molecule has 2 rings (SSSR count). The molecule has 4 heteroatoms. The lowest BCUT2D eigenvalue weighted by molar-refractivity contribution is 0.905. The van der Waals surface area contributed by atoms with Crippen molar-refractivity contribution in [3.8, 4) is 6.07 Å². The Bertz CT molecular complexity index is 482. The molecular weight excluding hydrogens is 218 g/mol. The van der Waals surface area contributed by atoms with E-state index < -0.39 is 0 Å². The average Bonchev–Trinajstić information content (AvgIpc) is 2.83. The fraction of sp³-hybridized carbons (Fsp3) is 0.167. The average molecular weight is 229 g/mol. The third-order valence-electron chi connectivity index (χ3n) is 2.23. The first-order valence-corrected chi connectivity index (χ1v) is 5.83. The van der Waals surface area contributed by atoms with Crippen molar-refractivity contribution < 1.29 is 0 Å². The molecule has 0 radical (unpaired) electrons. The molecule has 0 aliphatic heterocycles. The molecule has 0 aliphatic rings. The summed E-state index contributed by atoms with van der Waals surface area (Å²) in [6, 6.07) is 9.97. The minimum Gasteiger partial charge on any atom is -0.376 e. The zero-order valence-corrected chi connectivity index (χ0v) is 9.66. The Morgan fingerprint density at radius 3 is 2.88 bits per heavy atom. The van der Waals surface area contributed by atoms with E-state index in [0.717, 1.165) is 5.69 Å². The number of hydrogen-bond donors (Lipinski definition) is 1. The van der Waals surface area contributed by atoms with Crippen LogP contribution in [0.25, 0.3) is 0 Å². The Kier molecular flexibility index (Phi) is 3.18. The number of nitrogens with one attached hydrogen (secondary N) is 1. The van der Waals surface area contributed by atoms with Crippen LogP contribution in [-0.2, 0) is 0 Å². The molecule has 0 bridgehead atoms. The fourth-order valence-electron chi connectivity index (χ4n) is 1.40. The van der Waals surface area contributed by atoms with Crippen LogP contribution in [0.15, 0.2) is 35.8 Å². The van der Waals surface area contributed by atoms with E-state index in [9.17, 15) is 0 Å². The van der Waals surface area contributed by atoms with Gasteiger partial charge in [-0.25, -0.2) is 4.98 Å². The summed E-state index contributed by atoms with van der Waals surface area (Å²) in [7, 11) is 0. The lowest BCUT2D eigenvalue weighted by Gasteiger charge is -2.12. The minimum atomic E-state index is 0.259. The van der Waals surface area contributed by atoms with Crippen LogP contribution in [0.5, 0.6) is 0 Å². The van der Waals surface area contributed by atoms with Crippen LogP contribution >= 0.6 is 11.3 Å². The van der Waals surface area contributed by atoms with Crippen LogP contribution in [0.3, 0.4) is 0 Å². The second kappa shape index (κ2) is 4.77. The van der Waals surface area contributed by atoms with E-state index >= 15 is 0 Å². The van der Waals surface area contributed by atoms with Crippen molar-refractivity contribution in [2.24, 2.45) is 0 Å². The molecule has 16 heavy (non-hydrogen) atoms. The first-order valence-electron chi connectivity index (χ1n) is 4.95. The molecule has 2 aromatic rings. The van der Waals surface area contributed by atoms with Gasteiger partial charge in [-0.05, 0) is 30.5 Å². The maximum absolute atomic E-state index is 8.63. The van der Waals surface area contributed by atoms with Crippen LogP contribution in [0, 0.1) is 11.3 Å². The highest BCUT2D eigenvalue weighted by molar-refractivity contribution is 7.10. The monoisotopic (exact) mass is 229 g/mol. The third-order valence-corrected chi connectivity index (χ3v) is 3.29. The Labute approximate surface area is 98.4 Å². The molecule has 0 aliphatic carbocycles. The number of aromatic nitrogens is 1. The molecule has 0 spiro atoms. The van der Waals surface area contributed by atoms with Gasteiger partial charge in [-0.3, -0.25) is 0 Å². The molecule has 1 N–H and O–H groups in total. The molecule has 3 nitrogen and oxygen atoms in total.